The van der Waals surface area contributed by atoms with Crippen LogP contribution in [0.5, 0.6) is 0 Å². The van der Waals surface area contributed by atoms with Crippen LogP contribution in [0.2, 0.25) is 0 Å². The molecule has 0 unspecified atom stereocenters. The van der Waals surface area contributed by atoms with Gasteiger partial charge in [-0.1, -0.05) is 43.4 Å². The maximum absolute atomic E-state index is 13.9. The van der Waals surface area contributed by atoms with Crippen LogP contribution < -0.4 is 42.4 Å². The van der Waals surface area contributed by atoms with E-state index in [9.17, 15) is 56.7 Å². The van der Waals surface area contributed by atoms with Gasteiger partial charge in [0.05, 0.1) is 23.8 Å². The molecule has 68 heavy (non-hydrogen) atoms. The third-order valence-electron chi connectivity index (χ3n) is 10.4. The fourth-order valence-electron chi connectivity index (χ4n) is 6.70. The monoisotopic (exact) mass is 1000 g/mol. The van der Waals surface area contributed by atoms with E-state index in [1.807, 2.05) is 37.4 Å². The summed E-state index contributed by atoms with van der Waals surface area (Å²) in [5, 5.41) is 24.3. The van der Waals surface area contributed by atoms with Crippen LogP contribution >= 0.6 is 23.1 Å². The average Bonchev–Trinajstić information content (AvgIpc) is 3.99. The molecule has 3 rings (SSSR count). The molecule has 1 aromatic carbocycles. The Labute approximate surface area is 404 Å². The molecule has 1 saturated heterocycles. The lowest BCUT2D eigenvalue weighted by Gasteiger charge is -2.32. The number of primary amides is 1. The SMILES string of the molecule is CSCC[C@@H](C(=O)NC(=O)[C@@H]1CCCN1)N(C)C(=O)[C@H](CC(C)C)NC(=O)[C@H](C)NC(=O)[C@H](CC(=O)O)NC(=O)[C@H](CC(N)=O)NC(=O)CCNS(=O)(=O)c1ccc(C#Cc2ccc(C)cc2)s1. The van der Waals surface area contributed by atoms with Crippen molar-refractivity contribution in [1.82, 2.24) is 41.5 Å². The van der Waals surface area contributed by atoms with Crippen molar-refractivity contribution >= 4 is 86.3 Å². The van der Waals surface area contributed by atoms with Crippen molar-refractivity contribution in [3.8, 4) is 11.8 Å². The fourth-order valence-corrected chi connectivity index (χ4v) is 9.40. The molecule has 1 aliphatic heterocycles. The van der Waals surface area contributed by atoms with E-state index in [-0.39, 0.29) is 23.0 Å². The Hall–Kier alpha value is -5.87. The van der Waals surface area contributed by atoms with E-state index in [0.29, 0.717) is 23.6 Å². The first-order chi connectivity index (χ1) is 32.0. The van der Waals surface area contributed by atoms with Crippen molar-refractivity contribution in [3.63, 3.8) is 0 Å². The first-order valence-electron chi connectivity index (χ1n) is 21.7. The van der Waals surface area contributed by atoms with Gasteiger partial charge in [-0.05, 0) is 88.3 Å². The molecule has 10 N–H and O–H groups in total. The molecule has 8 amide bonds. The highest BCUT2D eigenvalue weighted by Gasteiger charge is 2.36. The molecule has 0 radical (unpaired) electrons. The Morgan fingerprint density at radius 1 is 0.882 bits per heavy atom. The topological polar surface area (TPSA) is 321 Å². The number of amides is 8. The molecule has 6 atom stereocenters. The quantitative estimate of drug-likeness (QED) is 0.0565. The molecule has 0 spiro atoms. The van der Waals surface area contributed by atoms with E-state index in [2.05, 4.69) is 48.5 Å². The fraction of sp³-hybridized carbons (Fsp3) is 0.523. The number of carboxylic acids is 1. The Morgan fingerprint density at radius 2 is 1.53 bits per heavy atom. The number of imide groups is 1. The number of sulfonamides is 1. The van der Waals surface area contributed by atoms with Crippen molar-refractivity contribution in [2.45, 2.75) is 113 Å². The zero-order chi connectivity index (χ0) is 50.7. The number of hydrogen-bond donors (Lipinski definition) is 9. The number of hydrogen-bond acceptors (Lipinski definition) is 14. The normalized spacial score (nSPS) is 15.5. The van der Waals surface area contributed by atoms with E-state index in [4.69, 9.17) is 5.73 Å². The number of thioether (sulfide) groups is 1. The summed E-state index contributed by atoms with van der Waals surface area (Å²) >= 11 is 2.34. The summed E-state index contributed by atoms with van der Waals surface area (Å²) in [5.74, 6) is -2.39. The van der Waals surface area contributed by atoms with Crippen molar-refractivity contribution in [3.05, 3.63) is 52.4 Å². The van der Waals surface area contributed by atoms with Gasteiger partial charge in [0, 0.05) is 25.6 Å². The van der Waals surface area contributed by atoms with Crippen molar-refractivity contribution in [2.75, 3.05) is 32.1 Å². The van der Waals surface area contributed by atoms with Crippen molar-refractivity contribution in [1.29, 1.82) is 0 Å². The van der Waals surface area contributed by atoms with E-state index >= 15 is 0 Å². The van der Waals surface area contributed by atoms with Crippen molar-refractivity contribution in [2.24, 2.45) is 11.7 Å². The Bertz CT molecular complexity index is 2320. The zero-order valence-corrected chi connectivity index (χ0v) is 41.2. The summed E-state index contributed by atoms with van der Waals surface area (Å²) in [6, 6.07) is 2.53. The number of aliphatic carboxylic acids is 1. The number of carbonyl (C=O) groups excluding carboxylic acids is 8. The third kappa shape index (κ3) is 18.7. The minimum absolute atomic E-state index is 0.0677. The number of benzene rings is 1. The molecule has 0 bridgehead atoms. The van der Waals surface area contributed by atoms with Gasteiger partial charge in [-0.3, -0.25) is 48.5 Å². The van der Waals surface area contributed by atoms with Gasteiger partial charge in [0.1, 0.15) is 34.4 Å². The van der Waals surface area contributed by atoms with E-state index < -0.39 is 125 Å². The van der Waals surface area contributed by atoms with Crippen LogP contribution in [-0.4, -0.2) is 140 Å². The summed E-state index contributed by atoms with van der Waals surface area (Å²) in [6.45, 7) is 6.97. The van der Waals surface area contributed by atoms with Crippen molar-refractivity contribution < 1.29 is 56.7 Å². The molecule has 1 aliphatic rings. The number of nitrogens with one attached hydrogen (secondary N) is 7. The van der Waals surface area contributed by atoms with Gasteiger partial charge in [-0.15, -0.1) is 11.3 Å². The summed E-state index contributed by atoms with van der Waals surface area (Å²) in [7, 11) is -2.70. The third-order valence-corrected chi connectivity index (χ3v) is 13.9. The number of aryl methyl sites for hydroxylation is 1. The van der Waals surface area contributed by atoms with Crippen LogP contribution in [-0.2, 0) is 53.2 Å². The van der Waals surface area contributed by atoms with Crippen LogP contribution in [0.15, 0.2) is 40.6 Å². The largest absolute Gasteiger partial charge is 0.481 e. The predicted molar refractivity (Wildman–Crippen MR) is 254 cm³/mol. The summed E-state index contributed by atoms with van der Waals surface area (Å²) in [5.41, 5.74) is 7.12. The number of carboxylic acid groups (broad SMARTS) is 1. The van der Waals surface area contributed by atoms with E-state index in [0.717, 1.165) is 28.9 Å². The molecule has 1 fully saturated rings. The van der Waals surface area contributed by atoms with Gasteiger partial charge >= 0.3 is 5.97 Å². The van der Waals surface area contributed by atoms with Gasteiger partial charge in [0.25, 0.3) is 0 Å². The number of thiophene rings is 1. The number of rotatable bonds is 25. The lowest BCUT2D eigenvalue weighted by molar-refractivity contribution is -0.144. The van der Waals surface area contributed by atoms with Gasteiger partial charge < -0.3 is 42.3 Å². The highest BCUT2D eigenvalue weighted by molar-refractivity contribution is 7.98. The number of likely N-dealkylation sites (N-methyl/N-ethyl adjacent to an activating group) is 1. The van der Waals surface area contributed by atoms with Gasteiger partial charge in [-0.25, -0.2) is 13.1 Å². The first-order valence-corrected chi connectivity index (χ1v) is 25.4. The second kappa shape index (κ2) is 27.2. The number of nitrogens with two attached hydrogens (primary N) is 1. The summed E-state index contributed by atoms with van der Waals surface area (Å²) in [4.78, 5) is 119. The second-order valence-corrected chi connectivity index (χ2v) is 20.6. The molecule has 21 nitrogen and oxygen atoms in total. The minimum Gasteiger partial charge on any atom is -0.481 e. The van der Waals surface area contributed by atoms with Gasteiger partial charge in [-0.2, -0.15) is 11.8 Å². The second-order valence-electron chi connectivity index (χ2n) is 16.5. The molecule has 2 aromatic rings. The van der Waals surface area contributed by atoms with Gasteiger partial charge in [0.2, 0.25) is 57.3 Å². The van der Waals surface area contributed by atoms with Crippen LogP contribution in [0.4, 0.5) is 0 Å². The Balaban J connectivity index is 1.64. The Kier molecular flexibility index (Phi) is 22.6. The van der Waals surface area contributed by atoms with Gasteiger partial charge in [0.15, 0.2) is 0 Å². The maximum atomic E-state index is 13.9. The molecule has 0 aliphatic carbocycles. The van der Waals surface area contributed by atoms with Crippen LogP contribution in [0.1, 0.15) is 81.7 Å². The predicted octanol–water partition coefficient (Wildman–Crippen LogP) is -0.545. The maximum Gasteiger partial charge on any atom is 0.305 e. The summed E-state index contributed by atoms with van der Waals surface area (Å²) < 4.78 is 28.1. The number of nitrogens with zero attached hydrogens (tertiary/aromatic N) is 1. The molecule has 2 heterocycles. The summed E-state index contributed by atoms with van der Waals surface area (Å²) in [6.07, 6.45) is 1.13. The molecule has 0 saturated carbocycles. The van der Waals surface area contributed by atoms with Crippen LogP contribution in [0.25, 0.3) is 0 Å². The lowest BCUT2D eigenvalue weighted by atomic mass is 10.0. The van der Waals surface area contributed by atoms with Crippen LogP contribution in [0.3, 0.4) is 0 Å². The van der Waals surface area contributed by atoms with E-state index in [1.165, 1.54) is 42.8 Å². The average molecular weight is 1000 g/mol. The molecular formula is C44H61N9O12S3. The smallest absolute Gasteiger partial charge is 0.305 e. The molecule has 1 aromatic heterocycles. The van der Waals surface area contributed by atoms with E-state index in [1.54, 1.807) is 13.8 Å². The lowest BCUT2D eigenvalue weighted by Crippen LogP contribution is -2.59. The molecule has 372 valence electrons. The molecule has 24 heteroatoms. The Morgan fingerprint density at radius 3 is 2.13 bits per heavy atom. The zero-order valence-electron chi connectivity index (χ0n) is 38.8. The first kappa shape index (κ1) is 56.5. The minimum atomic E-state index is -4.08. The highest BCUT2D eigenvalue weighted by atomic mass is 32.2. The van der Waals surface area contributed by atoms with Crippen LogP contribution in [0, 0.1) is 24.7 Å². The highest BCUT2D eigenvalue weighted by Crippen LogP contribution is 2.21. The number of carbonyl (C=O) groups is 9. The molecular weight excluding hydrogens is 943 g/mol. The standard InChI is InChI=1S/C44H61N9O12S3/c1-25(2)22-33(44(63)53(5)34(18-21-66-6)43(62)52-40(59)30-8-7-19-46-30)51-39(58)27(4)48-41(60)32(24-37(56)57)50-42(61)31(23-35(45)54)49-36(55)17-20-47-68(64,65)38-16-15-29(67-38)14-13-28-11-9-26(3)10-12-28/h9-12,15-16,25,27,30-34,46-47H,7-8,17-24H2,1-6H3,(H2,45,54)(H,48,60)(H,49,55)(H,50,61)(H,51,58)(H,56,57)(H,52,59,62)/t27-,30-,31-,32-,33-,34-/m0/s1.